The average Bonchev–Trinajstić information content (AvgIpc) is 2.56. The largest absolute Gasteiger partial charge is 0.486 e. The van der Waals surface area contributed by atoms with E-state index in [4.69, 9.17) is 15.2 Å². The molecule has 25 heavy (non-hydrogen) atoms. The smallest absolute Gasteiger partial charge is 0.225 e. The van der Waals surface area contributed by atoms with Crippen LogP contribution in [0.1, 0.15) is 13.8 Å². The van der Waals surface area contributed by atoms with Crippen LogP contribution in [-0.2, 0) is 4.74 Å². The van der Waals surface area contributed by atoms with Crippen molar-refractivity contribution in [3.8, 4) is 5.75 Å². The second kappa shape index (κ2) is 7.63. The summed E-state index contributed by atoms with van der Waals surface area (Å²) in [6, 6.07) is 0.522. The van der Waals surface area contributed by atoms with Gasteiger partial charge in [0, 0.05) is 37.3 Å². The minimum Gasteiger partial charge on any atom is -0.486 e. The third-order valence-electron chi connectivity index (χ3n) is 4.77. The van der Waals surface area contributed by atoms with Crippen LogP contribution in [0.3, 0.4) is 0 Å². The monoisotopic (exact) mass is 351 g/mol. The van der Waals surface area contributed by atoms with E-state index < -0.39 is 0 Å². The molecule has 1 aromatic heterocycles. The number of nitrogens with two attached hydrogens (primary N) is 1. The highest BCUT2D eigenvalue weighted by Crippen LogP contribution is 2.28. The minimum absolute atomic E-state index is 0.0349. The first-order valence-corrected chi connectivity index (χ1v) is 8.56. The predicted molar refractivity (Wildman–Crippen MR) is 93.4 cm³/mol. The Balaban J connectivity index is 1.59. The second-order valence-corrected chi connectivity index (χ2v) is 7.10. The summed E-state index contributed by atoms with van der Waals surface area (Å²) < 4.78 is 23.3. The molecule has 0 saturated carbocycles. The van der Waals surface area contributed by atoms with Crippen molar-refractivity contribution in [2.75, 3.05) is 50.9 Å². The van der Waals surface area contributed by atoms with E-state index in [1.807, 2.05) is 0 Å². The summed E-state index contributed by atoms with van der Waals surface area (Å²) in [4.78, 5) is 13.5. The lowest BCUT2D eigenvalue weighted by Crippen LogP contribution is -2.66. The molecule has 0 spiro atoms. The van der Waals surface area contributed by atoms with Crippen LogP contribution < -0.4 is 15.4 Å². The molecule has 0 unspecified atom stereocenters. The van der Waals surface area contributed by atoms with Gasteiger partial charge in [-0.2, -0.15) is 0 Å². The molecule has 0 bridgehead atoms. The van der Waals surface area contributed by atoms with E-state index >= 15 is 0 Å². The molecule has 0 aliphatic carbocycles. The van der Waals surface area contributed by atoms with Crippen LogP contribution in [0.4, 0.5) is 10.3 Å². The number of rotatable bonds is 6. The summed E-state index contributed by atoms with van der Waals surface area (Å²) in [5.74, 6) is 1.19. The van der Waals surface area contributed by atoms with Gasteiger partial charge in [-0.15, -0.1) is 0 Å². The van der Waals surface area contributed by atoms with E-state index in [2.05, 4.69) is 33.6 Å². The summed E-state index contributed by atoms with van der Waals surface area (Å²) in [5, 5.41) is 0. The summed E-state index contributed by atoms with van der Waals surface area (Å²) in [6.45, 7) is 9.05. The Bertz CT molecular complexity index is 604. The van der Waals surface area contributed by atoms with Gasteiger partial charge in [0.05, 0.1) is 38.0 Å². The number of halogens is 1. The second-order valence-electron chi connectivity index (χ2n) is 7.10. The summed E-state index contributed by atoms with van der Waals surface area (Å²) in [7, 11) is 0. The molecule has 2 N–H and O–H groups in total. The van der Waals surface area contributed by atoms with Crippen LogP contribution >= 0.6 is 0 Å². The highest BCUT2D eigenvalue weighted by Gasteiger charge is 2.40. The number of nitrogens with zero attached hydrogens (tertiary/aromatic N) is 4. The van der Waals surface area contributed by atoms with Gasteiger partial charge in [0.25, 0.3) is 0 Å². The van der Waals surface area contributed by atoms with E-state index in [0.717, 1.165) is 32.8 Å². The van der Waals surface area contributed by atoms with Gasteiger partial charge in [0.2, 0.25) is 5.95 Å². The van der Waals surface area contributed by atoms with E-state index in [-0.39, 0.29) is 18.7 Å². The van der Waals surface area contributed by atoms with Gasteiger partial charge in [0.15, 0.2) is 5.75 Å². The fourth-order valence-corrected chi connectivity index (χ4v) is 3.28. The van der Waals surface area contributed by atoms with Crippen LogP contribution in [-0.4, -0.2) is 72.4 Å². The van der Waals surface area contributed by atoms with Crippen molar-refractivity contribution in [2.24, 2.45) is 5.73 Å². The number of hydrogen-bond donors (Lipinski definition) is 1. The van der Waals surface area contributed by atoms with Crippen molar-refractivity contribution < 1.29 is 13.9 Å². The van der Waals surface area contributed by atoms with Crippen LogP contribution in [0.25, 0.3) is 0 Å². The standard InChI is InChI=1S/C17H26FN5O2/c1-17(2)12-22(3-4-23(17)14-10-24-11-14)16-20-7-15(8-21-16)25-9-13(5-18)6-19/h5,7-8,14H,3-4,6,9-12,19H2,1-2H3/b13-5+. The molecule has 0 amide bonds. The Morgan fingerprint density at radius 3 is 2.64 bits per heavy atom. The SMILES string of the molecule is CC1(C)CN(c2ncc(OC/C(=C/F)CN)cn2)CCN1C1COC1. The third kappa shape index (κ3) is 4.08. The molecule has 0 atom stereocenters. The molecule has 138 valence electrons. The van der Waals surface area contributed by atoms with Crippen LogP contribution in [0, 0.1) is 0 Å². The summed E-state index contributed by atoms with van der Waals surface area (Å²) in [6.07, 6.45) is 3.71. The zero-order valence-electron chi connectivity index (χ0n) is 14.8. The zero-order valence-corrected chi connectivity index (χ0v) is 14.8. The van der Waals surface area contributed by atoms with Crippen molar-refractivity contribution >= 4 is 5.95 Å². The predicted octanol–water partition coefficient (Wildman–Crippen LogP) is 0.967. The van der Waals surface area contributed by atoms with Crippen molar-refractivity contribution in [3.63, 3.8) is 0 Å². The van der Waals surface area contributed by atoms with E-state index in [1.54, 1.807) is 12.4 Å². The van der Waals surface area contributed by atoms with Crippen molar-refractivity contribution in [2.45, 2.75) is 25.4 Å². The maximum absolute atomic E-state index is 12.5. The fraction of sp³-hybridized carbons (Fsp3) is 0.647. The van der Waals surface area contributed by atoms with Gasteiger partial charge >= 0.3 is 0 Å². The lowest BCUT2D eigenvalue weighted by molar-refractivity contribution is -0.100. The topological polar surface area (TPSA) is 76.7 Å². The van der Waals surface area contributed by atoms with Crippen molar-refractivity contribution in [1.29, 1.82) is 0 Å². The number of piperazine rings is 1. The lowest BCUT2D eigenvalue weighted by Gasteiger charge is -2.52. The van der Waals surface area contributed by atoms with E-state index in [0.29, 0.717) is 29.6 Å². The van der Waals surface area contributed by atoms with Gasteiger partial charge in [-0.3, -0.25) is 4.90 Å². The molecule has 0 radical (unpaired) electrons. The third-order valence-corrected chi connectivity index (χ3v) is 4.77. The first kappa shape index (κ1) is 18.0. The molecule has 3 rings (SSSR count). The lowest BCUT2D eigenvalue weighted by atomic mass is 9.95. The molecule has 3 heterocycles. The maximum atomic E-state index is 12.5. The van der Waals surface area contributed by atoms with Gasteiger partial charge in [-0.25, -0.2) is 14.4 Å². The molecule has 8 heteroatoms. The molecular formula is C17H26FN5O2. The Morgan fingerprint density at radius 2 is 2.12 bits per heavy atom. The summed E-state index contributed by atoms with van der Waals surface area (Å²) >= 11 is 0. The van der Waals surface area contributed by atoms with E-state index in [1.165, 1.54) is 0 Å². The summed E-state index contributed by atoms with van der Waals surface area (Å²) in [5.41, 5.74) is 5.83. The Morgan fingerprint density at radius 1 is 1.40 bits per heavy atom. The molecule has 2 aliphatic heterocycles. The molecule has 0 aromatic carbocycles. The molecule has 2 saturated heterocycles. The van der Waals surface area contributed by atoms with Crippen LogP contribution in [0.15, 0.2) is 24.3 Å². The van der Waals surface area contributed by atoms with Gasteiger partial charge < -0.3 is 20.1 Å². The van der Waals surface area contributed by atoms with Crippen LogP contribution in [0.2, 0.25) is 0 Å². The minimum atomic E-state index is 0.0349. The molecule has 7 nitrogen and oxygen atoms in total. The molecule has 1 aromatic rings. The van der Waals surface area contributed by atoms with Gasteiger partial charge in [-0.05, 0) is 13.8 Å². The molecule has 2 fully saturated rings. The number of aromatic nitrogens is 2. The first-order chi connectivity index (χ1) is 12.0. The van der Waals surface area contributed by atoms with E-state index in [9.17, 15) is 4.39 Å². The number of hydrogen-bond acceptors (Lipinski definition) is 7. The van der Waals surface area contributed by atoms with Gasteiger partial charge in [-0.1, -0.05) is 0 Å². The number of ether oxygens (including phenoxy) is 2. The zero-order chi connectivity index (χ0) is 17.9. The first-order valence-electron chi connectivity index (χ1n) is 8.56. The quantitative estimate of drug-likeness (QED) is 0.818. The average molecular weight is 351 g/mol. The maximum Gasteiger partial charge on any atom is 0.225 e. The highest BCUT2D eigenvalue weighted by atomic mass is 19.1. The normalized spacial score (nSPS) is 21.9. The van der Waals surface area contributed by atoms with Crippen molar-refractivity contribution in [1.82, 2.24) is 14.9 Å². The number of anilines is 1. The van der Waals surface area contributed by atoms with Crippen LogP contribution in [0.5, 0.6) is 5.75 Å². The fourth-order valence-electron chi connectivity index (χ4n) is 3.28. The van der Waals surface area contributed by atoms with Gasteiger partial charge in [0.1, 0.15) is 6.61 Å². The Labute approximate surface area is 147 Å². The highest BCUT2D eigenvalue weighted by molar-refractivity contribution is 5.34. The Hall–Kier alpha value is -1.77. The molecular weight excluding hydrogens is 325 g/mol. The molecule has 2 aliphatic rings. The Kier molecular flexibility index (Phi) is 5.51. The van der Waals surface area contributed by atoms with Crippen molar-refractivity contribution in [3.05, 3.63) is 24.3 Å².